The molecule has 1 fully saturated rings. The Kier molecular flexibility index (Phi) is 6.36. The molecule has 1 aliphatic heterocycles. The smallest absolute Gasteiger partial charge is 0.270 e. The van der Waals surface area contributed by atoms with Gasteiger partial charge in [-0.05, 0) is 23.6 Å². The Morgan fingerprint density at radius 2 is 1.38 bits per heavy atom. The molecule has 8 heteroatoms. The molecule has 7 nitrogen and oxygen atoms in total. The molecule has 4 rings (SSSR count). The summed E-state index contributed by atoms with van der Waals surface area (Å²) in [6.45, 7) is 3.41. The lowest BCUT2D eigenvalue weighted by Gasteiger charge is -2.39. The second kappa shape index (κ2) is 9.20. The molecule has 0 atom stereocenters. The van der Waals surface area contributed by atoms with E-state index in [2.05, 4.69) is 29.2 Å². The molecule has 0 radical (unpaired) electrons. The van der Waals surface area contributed by atoms with Crippen LogP contribution in [0.1, 0.15) is 22.7 Å². The number of hydrogen-bond donors (Lipinski definition) is 0. The summed E-state index contributed by atoms with van der Waals surface area (Å²) in [7, 11) is -3.82. The van der Waals surface area contributed by atoms with Gasteiger partial charge in [-0.15, -0.1) is 0 Å². The molecule has 166 valence electrons. The average molecular weight is 452 g/mol. The SMILES string of the molecule is Cc1ccc([N+](=O)[O-])cc1S(=O)(=O)N1CCN(C(c2ccccc2)c2ccccc2)CC1. The summed E-state index contributed by atoms with van der Waals surface area (Å²) in [4.78, 5) is 12.9. The molecule has 3 aromatic carbocycles. The molecule has 1 aliphatic rings. The molecule has 32 heavy (non-hydrogen) atoms. The van der Waals surface area contributed by atoms with Crippen LogP contribution < -0.4 is 0 Å². The van der Waals surface area contributed by atoms with Crippen LogP contribution in [0.4, 0.5) is 5.69 Å². The van der Waals surface area contributed by atoms with Gasteiger partial charge in [-0.1, -0.05) is 66.7 Å². The molecule has 0 aliphatic carbocycles. The van der Waals surface area contributed by atoms with Crippen molar-refractivity contribution in [2.45, 2.75) is 17.9 Å². The van der Waals surface area contributed by atoms with E-state index in [0.717, 1.165) is 17.2 Å². The molecule has 0 saturated carbocycles. The van der Waals surface area contributed by atoms with Crippen LogP contribution in [-0.2, 0) is 10.0 Å². The van der Waals surface area contributed by atoms with E-state index >= 15 is 0 Å². The molecule has 0 N–H and O–H groups in total. The van der Waals surface area contributed by atoms with Gasteiger partial charge in [0, 0.05) is 38.3 Å². The second-order valence-electron chi connectivity index (χ2n) is 7.87. The van der Waals surface area contributed by atoms with E-state index in [4.69, 9.17) is 0 Å². The number of piperazine rings is 1. The minimum absolute atomic E-state index is 0.00261. The first kappa shape index (κ1) is 22.1. The molecular weight excluding hydrogens is 426 g/mol. The highest BCUT2D eigenvalue weighted by Gasteiger charge is 2.33. The zero-order valence-corrected chi connectivity index (χ0v) is 18.6. The van der Waals surface area contributed by atoms with Crippen molar-refractivity contribution in [3.63, 3.8) is 0 Å². The number of nitro groups is 1. The topological polar surface area (TPSA) is 83.8 Å². The van der Waals surface area contributed by atoms with Crippen LogP contribution in [0.25, 0.3) is 0 Å². The van der Waals surface area contributed by atoms with E-state index in [-0.39, 0.29) is 16.6 Å². The average Bonchev–Trinajstić information content (AvgIpc) is 2.81. The predicted octanol–water partition coefficient (Wildman–Crippen LogP) is 4.00. The number of nitrogens with zero attached hydrogens (tertiary/aromatic N) is 3. The summed E-state index contributed by atoms with van der Waals surface area (Å²) in [5.74, 6) is 0. The minimum Gasteiger partial charge on any atom is -0.290 e. The minimum atomic E-state index is -3.82. The number of sulfonamides is 1. The van der Waals surface area contributed by atoms with Crippen molar-refractivity contribution in [2.24, 2.45) is 0 Å². The fraction of sp³-hybridized carbons (Fsp3) is 0.250. The van der Waals surface area contributed by atoms with E-state index in [0.29, 0.717) is 31.7 Å². The van der Waals surface area contributed by atoms with Gasteiger partial charge in [0.05, 0.1) is 15.9 Å². The number of rotatable bonds is 6. The maximum Gasteiger partial charge on any atom is 0.270 e. The van der Waals surface area contributed by atoms with Gasteiger partial charge in [0.25, 0.3) is 5.69 Å². The lowest BCUT2D eigenvalue weighted by molar-refractivity contribution is -0.385. The third-order valence-corrected chi connectivity index (χ3v) is 7.91. The Hall–Kier alpha value is -3.07. The normalized spacial score (nSPS) is 15.7. The van der Waals surface area contributed by atoms with Crippen molar-refractivity contribution in [1.82, 2.24) is 9.21 Å². The molecule has 0 aromatic heterocycles. The van der Waals surface area contributed by atoms with Crippen LogP contribution >= 0.6 is 0 Å². The van der Waals surface area contributed by atoms with Gasteiger partial charge in [-0.3, -0.25) is 15.0 Å². The molecule has 0 unspecified atom stereocenters. The maximum atomic E-state index is 13.3. The Labute approximate surface area is 188 Å². The summed E-state index contributed by atoms with van der Waals surface area (Å²) in [5.41, 5.74) is 2.60. The molecule has 0 amide bonds. The quantitative estimate of drug-likeness (QED) is 0.418. The highest BCUT2D eigenvalue weighted by Crippen LogP contribution is 2.31. The molecule has 0 spiro atoms. The summed E-state index contributed by atoms with van der Waals surface area (Å²) in [5, 5.41) is 11.1. The van der Waals surface area contributed by atoms with Crippen molar-refractivity contribution in [2.75, 3.05) is 26.2 Å². The number of benzene rings is 3. The van der Waals surface area contributed by atoms with Crippen molar-refractivity contribution < 1.29 is 13.3 Å². The third kappa shape index (κ3) is 4.43. The molecule has 1 saturated heterocycles. The van der Waals surface area contributed by atoms with Crippen LogP contribution in [0.2, 0.25) is 0 Å². The fourth-order valence-corrected chi connectivity index (χ4v) is 5.87. The predicted molar refractivity (Wildman–Crippen MR) is 123 cm³/mol. The van der Waals surface area contributed by atoms with Crippen molar-refractivity contribution >= 4 is 15.7 Å². The van der Waals surface area contributed by atoms with Gasteiger partial charge in [-0.2, -0.15) is 4.31 Å². The zero-order valence-electron chi connectivity index (χ0n) is 17.8. The van der Waals surface area contributed by atoms with Crippen LogP contribution in [0.15, 0.2) is 83.8 Å². The maximum absolute atomic E-state index is 13.3. The first-order valence-corrected chi connectivity index (χ1v) is 11.9. The Balaban J connectivity index is 1.58. The van der Waals surface area contributed by atoms with Crippen LogP contribution in [0, 0.1) is 17.0 Å². The van der Waals surface area contributed by atoms with Crippen molar-refractivity contribution in [3.05, 3.63) is 106 Å². The Bertz CT molecular complexity index is 1150. The summed E-state index contributed by atoms with van der Waals surface area (Å²) in [6.07, 6.45) is 0. The first-order chi connectivity index (χ1) is 15.4. The molecule has 1 heterocycles. The van der Waals surface area contributed by atoms with Gasteiger partial charge < -0.3 is 0 Å². The monoisotopic (exact) mass is 451 g/mol. The van der Waals surface area contributed by atoms with Gasteiger partial charge in [0.15, 0.2) is 0 Å². The molecule has 0 bridgehead atoms. The largest absolute Gasteiger partial charge is 0.290 e. The van der Waals surface area contributed by atoms with Gasteiger partial charge in [-0.25, -0.2) is 8.42 Å². The van der Waals surface area contributed by atoms with E-state index < -0.39 is 14.9 Å². The second-order valence-corrected chi connectivity index (χ2v) is 9.78. The van der Waals surface area contributed by atoms with Crippen LogP contribution in [0.5, 0.6) is 0 Å². The standard InChI is InChI=1S/C24H25N3O4S/c1-19-12-13-22(27(28)29)18-23(19)32(30,31)26-16-14-25(15-17-26)24(20-8-4-2-5-9-20)21-10-6-3-7-11-21/h2-13,18,24H,14-17H2,1H3. The lowest BCUT2D eigenvalue weighted by atomic mass is 9.96. The van der Waals surface area contributed by atoms with Gasteiger partial charge >= 0.3 is 0 Å². The fourth-order valence-electron chi connectivity index (χ4n) is 4.21. The number of aryl methyl sites for hydroxylation is 1. The van der Waals surface area contributed by atoms with Crippen LogP contribution in [-0.4, -0.2) is 48.7 Å². The van der Waals surface area contributed by atoms with E-state index in [1.807, 2.05) is 36.4 Å². The lowest BCUT2D eigenvalue weighted by Crippen LogP contribution is -2.49. The molecule has 3 aromatic rings. The summed E-state index contributed by atoms with van der Waals surface area (Å²) < 4.78 is 28.0. The van der Waals surface area contributed by atoms with Crippen molar-refractivity contribution in [1.29, 1.82) is 0 Å². The zero-order chi connectivity index (χ0) is 22.7. The van der Waals surface area contributed by atoms with Crippen molar-refractivity contribution in [3.8, 4) is 0 Å². The van der Waals surface area contributed by atoms with Gasteiger partial charge in [0.2, 0.25) is 10.0 Å². The third-order valence-electron chi connectivity index (χ3n) is 5.87. The Morgan fingerprint density at radius 1 is 0.844 bits per heavy atom. The highest BCUT2D eigenvalue weighted by molar-refractivity contribution is 7.89. The highest BCUT2D eigenvalue weighted by atomic mass is 32.2. The summed E-state index contributed by atoms with van der Waals surface area (Å²) >= 11 is 0. The van der Waals surface area contributed by atoms with Crippen LogP contribution in [0.3, 0.4) is 0 Å². The number of nitro benzene ring substituents is 1. The number of non-ortho nitro benzene ring substituents is 1. The van der Waals surface area contributed by atoms with E-state index in [1.165, 1.54) is 16.4 Å². The summed E-state index contributed by atoms with van der Waals surface area (Å²) in [6, 6.07) is 24.4. The first-order valence-electron chi connectivity index (χ1n) is 10.5. The van der Waals surface area contributed by atoms with E-state index in [1.54, 1.807) is 6.92 Å². The van der Waals surface area contributed by atoms with Gasteiger partial charge in [0.1, 0.15) is 0 Å². The Morgan fingerprint density at radius 3 is 1.88 bits per heavy atom. The number of hydrogen-bond acceptors (Lipinski definition) is 5. The van der Waals surface area contributed by atoms with E-state index in [9.17, 15) is 18.5 Å². The molecular formula is C24H25N3O4S.